The van der Waals surface area contributed by atoms with Crippen LogP contribution in [0.3, 0.4) is 0 Å². The van der Waals surface area contributed by atoms with Crippen molar-refractivity contribution in [3.05, 3.63) is 5.92 Å². The molecule has 0 heterocycles. The molecule has 19 heteroatoms. The largest absolute Gasteiger partial charge is 0.162 e. The van der Waals surface area contributed by atoms with Crippen LogP contribution in [0.15, 0.2) is 0 Å². The number of halogens is 19. The summed E-state index contributed by atoms with van der Waals surface area (Å²) in [5.41, 5.74) is 0. The van der Waals surface area contributed by atoms with E-state index in [2.05, 4.69) is 303 Å². The molecular weight excluding hydrogens is 1630 g/mol. The molecule has 0 unspecified atom stereocenters. The molecule has 0 spiro atoms. The highest BCUT2D eigenvalue weighted by atomic mass is 80.0. The Morgan fingerprint density at radius 2 is 0.571 bits per heavy atom. The lowest BCUT2D eigenvalue weighted by Gasteiger charge is -2.56. The van der Waals surface area contributed by atoms with Crippen LogP contribution < -0.4 is 0 Å². The minimum atomic E-state index is -1.01. The Hall–Kier alpha value is 9.12. The highest BCUT2D eigenvalue weighted by Gasteiger charge is 2.76. The summed E-state index contributed by atoms with van der Waals surface area (Å²) in [4.78, 5) is 0. The highest BCUT2D eigenvalue weighted by Crippen LogP contribution is 2.78. The number of alkyl halides is 19. The van der Waals surface area contributed by atoms with Gasteiger partial charge in [0.25, 0.3) is 0 Å². The molecule has 0 aromatic heterocycles. The fourth-order valence-electron chi connectivity index (χ4n) is 1.44. The van der Waals surface area contributed by atoms with Gasteiger partial charge in [0, 0.05) is 0 Å². The molecule has 0 rings (SSSR count). The van der Waals surface area contributed by atoms with Gasteiger partial charge in [-0.1, -0.05) is 303 Å². The molecule has 0 atom stereocenters. The summed E-state index contributed by atoms with van der Waals surface area (Å²) in [5, 5.41) is 0. The molecule has 0 aliphatic heterocycles. The van der Waals surface area contributed by atoms with Crippen LogP contribution in [0, 0.1) is 5.92 Å². The van der Waals surface area contributed by atoms with Crippen molar-refractivity contribution in [3.63, 3.8) is 0 Å². The maximum atomic E-state index is 3.84. The minimum Gasteiger partial charge on any atom is -0.0692 e. The van der Waals surface area contributed by atoms with E-state index < -0.39 is 22.6 Å². The van der Waals surface area contributed by atoms with E-state index in [-0.39, 0.29) is 0 Å². The summed E-state index contributed by atoms with van der Waals surface area (Å²) < 4.78 is -7.23. The van der Waals surface area contributed by atoms with E-state index in [0.717, 1.165) is 5.92 Å². The molecule has 0 bridgehead atoms. The van der Waals surface area contributed by atoms with E-state index in [1.807, 2.05) is 0 Å². The summed E-state index contributed by atoms with van der Waals surface area (Å²) in [6.45, 7) is 0. The van der Waals surface area contributed by atoms with Crippen molar-refractivity contribution in [2.75, 3.05) is 0 Å². The first kappa shape index (κ1) is 37.1. The first-order chi connectivity index (χ1) is 11.6. The predicted octanol–water partition coefficient (Wildman–Crippen LogP) is 14.5. The van der Waals surface area contributed by atoms with Gasteiger partial charge >= 0.3 is 0 Å². The molecule has 0 amide bonds. The van der Waals surface area contributed by atoms with Gasteiger partial charge < -0.3 is 0 Å². The van der Waals surface area contributed by atoms with Gasteiger partial charge in [0.05, 0.1) is 5.92 Å². The predicted molar refractivity (Wildman–Crippen MR) is 195 cm³/mol. The smallest absolute Gasteiger partial charge is 0.0692 e. The van der Waals surface area contributed by atoms with Gasteiger partial charge in [-0.2, -0.15) is 0 Å². The lowest BCUT2D eigenvalue weighted by Crippen LogP contribution is -2.65. The Morgan fingerprint density at radius 1 is 0.321 bits per heavy atom. The van der Waals surface area contributed by atoms with E-state index in [1.165, 1.54) is 0 Å². The third kappa shape index (κ3) is 7.86. The molecule has 0 saturated carbocycles. The molecule has 0 N–H and O–H groups in total. The topological polar surface area (TPSA) is 0 Å². The van der Waals surface area contributed by atoms with Crippen molar-refractivity contribution in [3.8, 4) is 0 Å². The van der Waals surface area contributed by atoms with Gasteiger partial charge in [0.1, 0.15) is 20.5 Å². The molecule has 28 heavy (non-hydrogen) atoms. The molecule has 1 radical (unpaired) electrons. The molecule has 0 aliphatic rings. The van der Waals surface area contributed by atoms with Crippen molar-refractivity contribution >= 4 is 303 Å². The first-order valence-corrected chi connectivity index (χ1v) is 20.7. The Kier molecular flexibility index (Phi) is 16.3. The average molecular weight is 1630 g/mol. The Balaban J connectivity index is 6.78. The third-order valence-corrected chi connectivity index (χ3v) is 30.2. The third-order valence-electron chi connectivity index (χ3n) is 2.81. The maximum Gasteiger partial charge on any atom is 0.162 e. The second-order valence-electron chi connectivity index (χ2n) is 4.74. The second-order valence-corrected chi connectivity index (χ2v) is 42.2. The van der Waals surface area contributed by atoms with Crippen LogP contribution in [0.25, 0.3) is 0 Å². The molecule has 0 aromatic carbocycles. The van der Waals surface area contributed by atoms with Gasteiger partial charge in [0.15, 0.2) is 2.14 Å². The van der Waals surface area contributed by atoms with Gasteiger partial charge in [-0.05, 0) is 0 Å². The van der Waals surface area contributed by atoms with Crippen molar-refractivity contribution < 1.29 is 0 Å². The van der Waals surface area contributed by atoms with Crippen LogP contribution in [0.2, 0.25) is 0 Å². The molecule has 169 valence electrons. The van der Waals surface area contributed by atoms with Gasteiger partial charge in [0.2, 0.25) is 0 Å². The Morgan fingerprint density at radius 3 is 0.786 bits per heavy atom. The number of hydrogen-bond acceptors (Lipinski definition) is 0. The quantitative estimate of drug-likeness (QED) is 0.241. The molecule has 0 fully saturated rings. The van der Waals surface area contributed by atoms with E-state index in [9.17, 15) is 0 Å². The zero-order valence-corrected chi connectivity index (χ0v) is 41.8. The second kappa shape index (κ2) is 12.3. The SMILES string of the molecule is BrC(Br)(Br)[C](C(Br)(Br)Br)C(Br)(Br)C(Br)(Br)C(Br)(Br)C(Br)(Br)C(Br)(Br)C(Br)(Br)Br. The van der Waals surface area contributed by atoms with Crippen LogP contribution in [0.5, 0.6) is 0 Å². The van der Waals surface area contributed by atoms with E-state index in [0.29, 0.717) is 0 Å². The van der Waals surface area contributed by atoms with Gasteiger partial charge in [-0.15, -0.1) is 0 Å². The van der Waals surface area contributed by atoms with Crippen molar-refractivity contribution in [1.29, 1.82) is 0 Å². The Labute approximate surface area is 323 Å². The van der Waals surface area contributed by atoms with Crippen LogP contribution in [-0.4, -0.2) is 22.6 Å². The standard InChI is InChI=1S/C9Br19/c10-2(11,1(3(12,13)14)4(15,16)17)5(18,19)6(20,21)7(22,23)8(24,25)9(26,27)28. The lowest BCUT2D eigenvalue weighted by atomic mass is 10.0. The van der Waals surface area contributed by atoms with Gasteiger partial charge in [-0.25, -0.2) is 0 Å². The fraction of sp³-hybridized carbons (Fsp3) is 0.889. The average Bonchev–Trinajstić information content (AvgIpc) is 2.31. The van der Waals surface area contributed by atoms with Crippen molar-refractivity contribution in [2.24, 2.45) is 0 Å². The highest BCUT2D eigenvalue weighted by molar-refractivity contribution is 9.43. The first-order valence-electron chi connectivity index (χ1n) is 5.59. The molecular formula is C9Br19. The molecule has 0 aliphatic carbocycles. The zero-order chi connectivity index (χ0) is 23.6. The van der Waals surface area contributed by atoms with E-state index >= 15 is 0 Å². The summed E-state index contributed by atoms with van der Waals surface area (Å²) in [7, 11) is 0. The number of hydrogen-bond donors (Lipinski definition) is 0. The van der Waals surface area contributed by atoms with Crippen LogP contribution >= 0.6 is 303 Å². The summed E-state index contributed by atoms with van der Waals surface area (Å²) in [6.07, 6.45) is 0. The maximum absolute atomic E-state index is 3.84. The fourth-order valence-corrected chi connectivity index (χ4v) is 22.0. The Bertz CT molecular complexity index is 541. The number of rotatable bonds is 5. The zero-order valence-electron chi connectivity index (χ0n) is 11.7. The summed E-state index contributed by atoms with van der Waals surface area (Å²) in [5.74, 6) is 0.748. The van der Waals surface area contributed by atoms with Crippen LogP contribution in [0.1, 0.15) is 0 Å². The van der Waals surface area contributed by atoms with E-state index in [1.54, 1.807) is 0 Å². The summed E-state index contributed by atoms with van der Waals surface area (Å²) >= 11 is 70.4. The minimum absolute atomic E-state index is 0.748. The van der Waals surface area contributed by atoms with Crippen LogP contribution in [-0.2, 0) is 0 Å². The van der Waals surface area contributed by atoms with Crippen LogP contribution in [0.4, 0.5) is 0 Å². The van der Waals surface area contributed by atoms with E-state index in [4.69, 9.17) is 0 Å². The molecule has 0 aromatic rings. The van der Waals surface area contributed by atoms with Crippen molar-refractivity contribution in [2.45, 2.75) is 22.6 Å². The normalized spacial score (nSPS) is 16.7. The molecule has 0 saturated heterocycles. The van der Waals surface area contributed by atoms with Crippen molar-refractivity contribution in [1.82, 2.24) is 0 Å². The summed E-state index contributed by atoms with van der Waals surface area (Å²) in [6, 6.07) is 0. The van der Waals surface area contributed by atoms with Gasteiger partial charge in [-0.3, -0.25) is 0 Å². The monoisotopic (exact) mass is 1610 g/mol. The lowest BCUT2D eigenvalue weighted by molar-refractivity contribution is 0.620. The molecule has 0 nitrogen and oxygen atoms in total.